The van der Waals surface area contributed by atoms with Gasteiger partial charge in [-0.15, -0.1) is 0 Å². The number of piperidine rings is 1. The Kier molecular flexibility index (Phi) is 5.28. The molecular formula is C22H26N4O2. The lowest BCUT2D eigenvalue weighted by Crippen LogP contribution is -2.37. The molecule has 3 heterocycles. The molecule has 0 spiro atoms. The number of aromatic amines is 1. The van der Waals surface area contributed by atoms with Crippen molar-refractivity contribution in [3.8, 4) is 11.3 Å². The van der Waals surface area contributed by atoms with Gasteiger partial charge in [-0.2, -0.15) is 0 Å². The predicted octanol–water partition coefficient (Wildman–Crippen LogP) is 4.27. The maximum absolute atomic E-state index is 11.3. The number of benzene rings is 1. The normalized spacial score (nSPS) is 15.2. The molecule has 4 rings (SSSR count). The van der Waals surface area contributed by atoms with Gasteiger partial charge in [0.1, 0.15) is 5.69 Å². The first-order chi connectivity index (χ1) is 13.7. The van der Waals surface area contributed by atoms with E-state index in [-0.39, 0.29) is 5.92 Å². The van der Waals surface area contributed by atoms with Crippen LogP contribution >= 0.6 is 0 Å². The SMILES string of the molecule is CCCCc1cnc(-c2ccc3[nH]ccc3c2)c(N2CCC(C(=O)O)CC2)n1. The number of H-pyrrole nitrogens is 1. The van der Waals surface area contributed by atoms with Gasteiger partial charge in [-0.25, -0.2) is 4.98 Å². The molecule has 0 radical (unpaired) electrons. The number of carbonyl (C=O) groups is 1. The first kappa shape index (κ1) is 18.5. The van der Waals surface area contributed by atoms with Gasteiger partial charge in [-0.3, -0.25) is 9.78 Å². The van der Waals surface area contributed by atoms with Crippen molar-refractivity contribution in [1.82, 2.24) is 15.0 Å². The largest absolute Gasteiger partial charge is 0.481 e. The van der Waals surface area contributed by atoms with Crippen LogP contribution in [0.4, 0.5) is 5.82 Å². The Hall–Kier alpha value is -2.89. The van der Waals surface area contributed by atoms with E-state index in [9.17, 15) is 9.90 Å². The minimum absolute atomic E-state index is 0.257. The Labute approximate surface area is 164 Å². The number of carboxylic acids is 1. The molecule has 1 fully saturated rings. The minimum Gasteiger partial charge on any atom is -0.481 e. The van der Waals surface area contributed by atoms with Gasteiger partial charge < -0.3 is 15.0 Å². The fourth-order valence-electron chi connectivity index (χ4n) is 3.86. The Morgan fingerprint density at radius 1 is 1.29 bits per heavy atom. The summed E-state index contributed by atoms with van der Waals surface area (Å²) in [6.45, 7) is 3.57. The summed E-state index contributed by atoms with van der Waals surface area (Å²) in [6.07, 6.45) is 8.24. The molecule has 2 N–H and O–H groups in total. The highest BCUT2D eigenvalue weighted by Crippen LogP contribution is 2.32. The van der Waals surface area contributed by atoms with E-state index in [1.54, 1.807) is 0 Å². The van der Waals surface area contributed by atoms with Crippen LogP contribution < -0.4 is 4.90 Å². The number of anilines is 1. The van der Waals surface area contributed by atoms with E-state index in [2.05, 4.69) is 41.1 Å². The summed E-state index contributed by atoms with van der Waals surface area (Å²) in [7, 11) is 0. The van der Waals surface area contributed by atoms with Crippen molar-refractivity contribution in [2.75, 3.05) is 18.0 Å². The van der Waals surface area contributed by atoms with E-state index < -0.39 is 5.97 Å². The summed E-state index contributed by atoms with van der Waals surface area (Å²) < 4.78 is 0. The van der Waals surface area contributed by atoms with Crippen molar-refractivity contribution < 1.29 is 9.90 Å². The third-order valence-corrected chi connectivity index (χ3v) is 5.56. The quantitative estimate of drug-likeness (QED) is 0.669. The van der Waals surface area contributed by atoms with Crippen LogP contribution in [0.2, 0.25) is 0 Å². The summed E-state index contributed by atoms with van der Waals surface area (Å²) >= 11 is 0. The summed E-state index contributed by atoms with van der Waals surface area (Å²) in [5.74, 6) is -0.0694. The lowest BCUT2D eigenvalue weighted by atomic mass is 9.96. The third kappa shape index (κ3) is 3.72. The van der Waals surface area contributed by atoms with Crippen molar-refractivity contribution in [1.29, 1.82) is 0 Å². The van der Waals surface area contributed by atoms with Gasteiger partial charge in [0.05, 0.1) is 11.6 Å². The monoisotopic (exact) mass is 378 g/mol. The topological polar surface area (TPSA) is 82.1 Å². The molecule has 0 atom stereocenters. The fraction of sp³-hybridized carbons (Fsp3) is 0.409. The number of carboxylic acid groups (broad SMARTS) is 1. The highest BCUT2D eigenvalue weighted by Gasteiger charge is 2.27. The molecule has 28 heavy (non-hydrogen) atoms. The highest BCUT2D eigenvalue weighted by atomic mass is 16.4. The van der Waals surface area contributed by atoms with Crippen LogP contribution in [0.5, 0.6) is 0 Å². The first-order valence-corrected chi connectivity index (χ1v) is 10.1. The molecule has 1 aromatic carbocycles. The fourth-order valence-corrected chi connectivity index (χ4v) is 3.86. The number of hydrogen-bond acceptors (Lipinski definition) is 4. The zero-order valence-corrected chi connectivity index (χ0v) is 16.2. The molecule has 1 aliphatic heterocycles. The van der Waals surface area contributed by atoms with Crippen LogP contribution in [-0.4, -0.2) is 39.1 Å². The molecule has 0 bridgehead atoms. The van der Waals surface area contributed by atoms with Gasteiger partial charge in [-0.05, 0) is 43.9 Å². The van der Waals surface area contributed by atoms with Gasteiger partial charge in [0.25, 0.3) is 0 Å². The molecule has 0 aliphatic carbocycles. The van der Waals surface area contributed by atoms with Gasteiger partial charge in [0, 0.05) is 41.9 Å². The van der Waals surface area contributed by atoms with Crippen molar-refractivity contribution in [3.63, 3.8) is 0 Å². The molecule has 0 amide bonds. The van der Waals surface area contributed by atoms with Crippen molar-refractivity contribution in [3.05, 3.63) is 42.4 Å². The molecule has 0 saturated carbocycles. The molecule has 2 aromatic heterocycles. The van der Waals surface area contributed by atoms with E-state index in [0.717, 1.165) is 52.9 Å². The number of aryl methyl sites for hydroxylation is 1. The first-order valence-electron chi connectivity index (χ1n) is 10.1. The van der Waals surface area contributed by atoms with E-state index in [4.69, 9.17) is 9.97 Å². The predicted molar refractivity (Wildman–Crippen MR) is 111 cm³/mol. The smallest absolute Gasteiger partial charge is 0.306 e. The molecule has 0 unspecified atom stereocenters. The van der Waals surface area contributed by atoms with Crippen LogP contribution in [0.15, 0.2) is 36.7 Å². The summed E-state index contributed by atoms with van der Waals surface area (Å²) in [5, 5.41) is 10.4. The van der Waals surface area contributed by atoms with E-state index in [1.807, 2.05) is 12.4 Å². The number of nitrogens with one attached hydrogen (secondary N) is 1. The number of rotatable bonds is 6. The highest BCUT2D eigenvalue weighted by molar-refractivity contribution is 5.86. The van der Waals surface area contributed by atoms with Crippen LogP contribution in [-0.2, 0) is 11.2 Å². The second-order valence-corrected chi connectivity index (χ2v) is 7.52. The maximum atomic E-state index is 11.3. The number of fused-ring (bicyclic) bond motifs is 1. The maximum Gasteiger partial charge on any atom is 0.306 e. The third-order valence-electron chi connectivity index (χ3n) is 5.56. The lowest BCUT2D eigenvalue weighted by molar-refractivity contribution is -0.142. The Bertz CT molecular complexity index is 974. The summed E-state index contributed by atoms with van der Waals surface area (Å²) in [4.78, 5) is 26.5. The zero-order chi connectivity index (χ0) is 19.5. The molecule has 6 heteroatoms. The zero-order valence-electron chi connectivity index (χ0n) is 16.2. The number of aliphatic carboxylic acids is 1. The Morgan fingerprint density at radius 3 is 2.86 bits per heavy atom. The second-order valence-electron chi connectivity index (χ2n) is 7.52. The van der Waals surface area contributed by atoms with Crippen molar-refractivity contribution in [2.24, 2.45) is 5.92 Å². The number of hydrogen-bond donors (Lipinski definition) is 2. The van der Waals surface area contributed by atoms with Gasteiger partial charge in [0.15, 0.2) is 5.82 Å². The van der Waals surface area contributed by atoms with Crippen LogP contribution in [0.1, 0.15) is 38.3 Å². The van der Waals surface area contributed by atoms with Crippen molar-refractivity contribution >= 4 is 22.7 Å². The number of nitrogens with zero attached hydrogens (tertiary/aromatic N) is 3. The Morgan fingerprint density at radius 2 is 2.11 bits per heavy atom. The van der Waals surface area contributed by atoms with E-state index >= 15 is 0 Å². The average molecular weight is 378 g/mol. The summed E-state index contributed by atoms with van der Waals surface area (Å²) in [6, 6.07) is 8.33. The summed E-state index contributed by atoms with van der Waals surface area (Å²) in [5.41, 5.74) is 4.01. The van der Waals surface area contributed by atoms with Crippen molar-refractivity contribution in [2.45, 2.75) is 39.0 Å². The van der Waals surface area contributed by atoms with Crippen LogP contribution in [0, 0.1) is 5.92 Å². The van der Waals surface area contributed by atoms with Crippen LogP contribution in [0.3, 0.4) is 0 Å². The number of unbranched alkanes of at least 4 members (excludes halogenated alkanes) is 1. The van der Waals surface area contributed by atoms with Gasteiger partial charge in [0.2, 0.25) is 0 Å². The number of aromatic nitrogens is 3. The van der Waals surface area contributed by atoms with Crippen LogP contribution in [0.25, 0.3) is 22.2 Å². The second kappa shape index (κ2) is 8.00. The minimum atomic E-state index is -0.694. The van der Waals surface area contributed by atoms with Gasteiger partial charge in [-0.1, -0.05) is 19.4 Å². The van der Waals surface area contributed by atoms with E-state index in [0.29, 0.717) is 25.9 Å². The standard InChI is InChI=1S/C22H26N4O2/c1-2-3-4-18-14-24-20(17-5-6-19-16(13-17)7-10-23-19)21(25-18)26-11-8-15(9-12-26)22(27)28/h5-7,10,13-15,23H,2-4,8-9,11-12H2,1H3,(H,27,28). The molecular weight excluding hydrogens is 352 g/mol. The molecule has 6 nitrogen and oxygen atoms in total. The molecule has 146 valence electrons. The van der Waals surface area contributed by atoms with Gasteiger partial charge >= 0.3 is 5.97 Å². The Balaban J connectivity index is 1.69. The van der Waals surface area contributed by atoms with E-state index in [1.165, 1.54) is 0 Å². The average Bonchev–Trinajstić information content (AvgIpc) is 3.20. The molecule has 1 aliphatic rings. The molecule has 1 saturated heterocycles. The molecule has 3 aromatic rings. The lowest BCUT2D eigenvalue weighted by Gasteiger charge is -2.32.